The largest absolute Gasteiger partial charge is 0.543 e. The van der Waals surface area contributed by atoms with Crippen LogP contribution in [-0.4, -0.2) is 72.4 Å². The van der Waals surface area contributed by atoms with E-state index in [1.54, 1.807) is 26.2 Å². The highest BCUT2D eigenvalue weighted by atomic mass is 32.2. The topological polar surface area (TPSA) is 171 Å². The summed E-state index contributed by atoms with van der Waals surface area (Å²) in [5.74, 6) is -3.18. The van der Waals surface area contributed by atoms with Crippen molar-refractivity contribution < 1.29 is 38.5 Å². The zero-order valence-corrected chi connectivity index (χ0v) is 35.7. The Labute approximate surface area is 361 Å². The number of ether oxygens (including phenoxy) is 1. The van der Waals surface area contributed by atoms with Crippen molar-refractivity contribution >= 4 is 57.7 Å². The fourth-order valence-electron chi connectivity index (χ4n) is 7.74. The standard InChI is InChI=1S/C45H45N7O7S2/c1-43(2,3)58-41(57)44(22-14-23-44)59-49-34(37(53)47-35-38(54)52-36(40(55)56)29(27-60-39(35)52)26-51-25-15-24-50(51)4)33-28-61-42(46-33)48-45(30-16-8-5-9-17-30,31-18-10-6-11-19-31)32-20-12-7-13-21-32/h5-13,15-21,24-25,28,35,39H,14,22-23,26-27H2,1-4H3,(H2-,46,47,48,53,55,56)/b49-34-/t35-,39-/m1/s1. The molecule has 3 aliphatic rings. The number of aryl methyl sites for hydroxylation is 1. The van der Waals surface area contributed by atoms with Gasteiger partial charge < -0.3 is 30.1 Å². The number of nitrogens with zero attached hydrogens (tertiary/aromatic N) is 5. The zero-order valence-electron chi connectivity index (χ0n) is 34.1. The normalized spacial score (nSPS) is 18.7. The number of β-lactam (4-membered cyclic amide) rings is 1. The molecule has 14 nitrogen and oxygen atoms in total. The summed E-state index contributed by atoms with van der Waals surface area (Å²) in [6, 6.07) is 30.7. The monoisotopic (exact) mass is 859 g/mol. The lowest BCUT2D eigenvalue weighted by atomic mass is 9.77. The summed E-state index contributed by atoms with van der Waals surface area (Å²) >= 11 is 2.58. The molecule has 3 aromatic carbocycles. The smallest absolute Gasteiger partial charge is 0.353 e. The minimum Gasteiger partial charge on any atom is -0.543 e. The molecule has 5 aromatic rings. The molecule has 2 aromatic heterocycles. The summed E-state index contributed by atoms with van der Waals surface area (Å²) in [5, 5.41) is 24.7. The Hall–Kier alpha value is -6.26. The van der Waals surface area contributed by atoms with E-state index in [2.05, 4.69) is 15.8 Å². The number of nitrogens with one attached hydrogen (secondary N) is 2. The van der Waals surface area contributed by atoms with Gasteiger partial charge in [-0.25, -0.2) is 9.78 Å². The van der Waals surface area contributed by atoms with Gasteiger partial charge in [0.05, 0.1) is 17.9 Å². The van der Waals surface area contributed by atoms with E-state index in [1.165, 1.54) is 28.0 Å². The predicted octanol–water partition coefficient (Wildman–Crippen LogP) is 4.26. The number of esters is 1. The number of carboxylic acid groups (broad SMARTS) is 1. The van der Waals surface area contributed by atoms with Gasteiger partial charge in [-0.05, 0) is 49.5 Å². The van der Waals surface area contributed by atoms with Crippen LogP contribution in [0.2, 0.25) is 0 Å². The number of fused-ring (bicyclic) bond motifs is 1. The van der Waals surface area contributed by atoms with E-state index in [9.17, 15) is 24.3 Å². The molecular formula is C45H45N7O7S2. The van der Waals surface area contributed by atoms with Crippen LogP contribution >= 0.6 is 23.1 Å². The number of rotatable bonds is 14. The fourth-order valence-corrected chi connectivity index (χ4v) is 9.82. The molecule has 0 spiro atoms. The average Bonchev–Trinajstić information content (AvgIpc) is 3.87. The fraction of sp³-hybridized carbons (Fsp3) is 0.311. The molecule has 4 heterocycles. The summed E-state index contributed by atoms with van der Waals surface area (Å²) in [7, 11) is 1.83. The molecule has 8 rings (SSSR count). The SMILES string of the molecule is C[n+]1cccn1CC1=C(C(=O)[O-])N2C(=O)[C@@H](NC(=O)/C(=N\OC3(C(=O)OC(C)(C)C)CCC3)c3csc(NC(c4ccccc4)(c4ccccc4)c4ccccc4)n3)[C@H]2SC1. The molecule has 1 saturated heterocycles. The number of benzene rings is 3. The highest BCUT2D eigenvalue weighted by molar-refractivity contribution is 8.00. The molecule has 2 amide bonds. The van der Waals surface area contributed by atoms with Gasteiger partial charge in [-0.3, -0.25) is 14.5 Å². The summed E-state index contributed by atoms with van der Waals surface area (Å²) in [6.07, 6.45) is 4.98. The highest BCUT2D eigenvalue weighted by Gasteiger charge is 2.54. The molecule has 2 aliphatic heterocycles. The molecule has 16 heteroatoms. The van der Waals surface area contributed by atoms with Crippen molar-refractivity contribution in [3.05, 3.63) is 148 Å². The van der Waals surface area contributed by atoms with Crippen LogP contribution in [-0.2, 0) is 47.9 Å². The second-order valence-electron chi connectivity index (χ2n) is 16.2. The molecule has 0 bridgehead atoms. The van der Waals surface area contributed by atoms with E-state index in [0.29, 0.717) is 30.0 Å². The molecule has 314 valence electrons. The van der Waals surface area contributed by atoms with Crippen molar-refractivity contribution in [3.8, 4) is 0 Å². The van der Waals surface area contributed by atoms with Crippen molar-refractivity contribution in [2.45, 2.75) is 74.7 Å². The zero-order chi connectivity index (χ0) is 42.9. The Morgan fingerprint density at radius 3 is 2.07 bits per heavy atom. The van der Waals surface area contributed by atoms with E-state index in [0.717, 1.165) is 16.7 Å². The van der Waals surface area contributed by atoms with Crippen molar-refractivity contribution in [1.82, 2.24) is 19.9 Å². The first-order valence-corrected chi connectivity index (χ1v) is 21.8. The molecule has 2 atom stereocenters. The number of aromatic nitrogens is 3. The highest BCUT2D eigenvalue weighted by Crippen LogP contribution is 2.43. The number of hydrogen-bond donors (Lipinski definition) is 2. The Morgan fingerprint density at radius 2 is 1.56 bits per heavy atom. The van der Waals surface area contributed by atoms with Crippen LogP contribution in [0.1, 0.15) is 62.4 Å². The molecule has 1 aliphatic carbocycles. The third-order valence-electron chi connectivity index (χ3n) is 11.0. The molecule has 0 unspecified atom stereocenters. The third-order valence-corrected chi connectivity index (χ3v) is 13.1. The van der Waals surface area contributed by atoms with E-state index >= 15 is 0 Å². The summed E-state index contributed by atoms with van der Waals surface area (Å²) in [4.78, 5) is 66.3. The molecule has 2 N–H and O–H groups in total. The number of anilines is 1. The molecule has 61 heavy (non-hydrogen) atoms. The number of thiazole rings is 1. The van der Waals surface area contributed by atoms with Gasteiger partial charge in [0.1, 0.15) is 34.8 Å². The van der Waals surface area contributed by atoms with Crippen LogP contribution < -0.4 is 20.4 Å². The lowest BCUT2D eigenvalue weighted by molar-refractivity contribution is -0.752. The lowest BCUT2D eigenvalue weighted by Crippen LogP contribution is -2.71. The van der Waals surface area contributed by atoms with Crippen LogP contribution in [0.5, 0.6) is 0 Å². The Bertz CT molecular complexity index is 2410. The Morgan fingerprint density at radius 1 is 0.951 bits per heavy atom. The Balaban J connectivity index is 1.13. The minimum atomic E-state index is -1.48. The number of carbonyl (C=O) groups is 4. The number of oxime groups is 1. The van der Waals surface area contributed by atoms with E-state index < -0.39 is 51.9 Å². The van der Waals surface area contributed by atoms with Gasteiger partial charge in [-0.2, -0.15) is 4.68 Å². The molecule has 1 saturated carbocycles. The number of aliphatic carboxylic acids is 1. The Kier molecular flexibility index (Phi) is 11.3. The first-order valence-electron chi connectivity index (χ1n) is 19.9. The van der Waals surface area contributed by atoms with Crippen LogP contribution in [0.15, 0.2) is 131 Å². The van der Waals surface area contributed by atoms with Gasteiger partial charge in [0, 0.05) is 30.0 Å². The van der Waals surface area contributed by atoms with Gasteiger partial charge in [-0.15, -0.1) is 27.8 Å². The third kappa shape index (κ3) is 8.04. The maximum atomic E-state index is 14.5. The summed E-state index contributed by atoms with van der Waals surface area (Å²) in [5.41, 5.74) is -0.150. The van der Waals surface area contributed by atoms with E-state index in [1.807, 2.05) is 126 Å². The lowest BCUT2D eigenvalue weighted by Gasteiger charge is -2.50. The number of carbonyl (C=O) groups excluding carboxylic acids is 4. The van der Waals surface area contributed by atoms with Gasteiger partial charge in [0.2, 0.25) is 5.60 Å². The van der Waals surface area contributed by atoms with Gasteiger partial charge in [-0.1, -0.05) is 96.2 Å². The maximum Gasteiger partial charge on any atom is 0.353 e. The summed E-state index contributed by atoms with van der Waals surface area (Å²) in [6.45, 7) is 5.52. The van der Waals surface area contributed by atoms with Crippen molar-refractivity contribution in [1.29, 1.82) is 0 Å². The summed E-state index contributed by atoms with van der Waals surface area (Å²) < 4.78 is 9.32. The molecular weight excluding hydrogens is 815 g/mol. The van der Waals surface area contributed by atoms with Gasteiger partial charge in [0.25, 0.3) is 11.8 Å². The second-order valence-corrected chi connectivity index (χ2v) is 18.1. The van der Waals surface area contributed by atoms with Crippen molar-refractivity contribution in [3.63, 3.8) is 0 Å². The van der Waals surface area contributed by atoms with Crippen molar-refractivity contribution in [2.75, 3.05) is 11.1 Å². The van der Waals surface area contributed by atoms with Gasteiger partial charge in [0.15, 0.2) is 24.1 Å². The van der Waals surface area contributed by atoms with Crippen LogP contribution in [0, 0.1) is 0 Å². The van der Waals surface area contributed by atoms with Gasteiger partial charge >= 0.3 is 5.97 Å². The maximum absolute atomic E-state index is 14.5. The number of hydrogen-bond acceptors (Lipinski definition) is 12. The first-order chi connectivity index (χ1) is 29.3. The molecule has 0 radical (unpaired) electrons. The molecule has 2 fully saturated rings. The van der Waals surface area contributed by atoms with E-state index in [-0.39, 0.29) is 29.4 Å². The minimum absolute atomic E-state index is 0.129. The van der Waals surface area contributed by atoms with Crippen LogP contribution in [0.25, 0.3) is 0 Å². The predicted molar refractivity (Wildman–Crippen MR) is 228 cm³/mol. The van der Waals surface area contributed by atoms with E-state index in [4.69, 9.17) is 14.6 Å². The number of carboxylic acids is 1. The van der Waals surface area contributed by atoms with Crippen LogP contribution in [0.3, 0.4) is 0 Å². The number of thioether (sulfide) groups is 1. The quantitative estimate of drug-likeness (QED) is 0.0411. The van der Waals surface area contributed by atoms with Crippen molar-refractivity contribution in [2.24, 2.45) is 12.2 Å². The average molecular weight is 860 g/mol. The second kappa shape index (κ2) is 16.7. The first kappa shape index (κ1) is 41.5. The number of amides is 2. The van der Waals surface area contributed by atoms with Crippen LogP contribution in [0.4, 0.5) is 5.13 Å².